The fourth-order valence-electron chi connectivity index (χ4n) is 3.32. The molecular formula is C23H23N5O2S. The van der Waals surface area contributed by atoms with Gasteiger partial charge in [-0.2, -0.15) is 5.10 Å². The minimum absolute atomic E-state index is 0.0542. The average Bonchev–Trinajstić information content (AvgIpc) is 3.33. The summed E-state index contributed by atoms with van der Waals surface area (Å²) in [5.41, 5.74) is 9.83. The van der Waals surface area contributed by atoms with Crippen molar-refractivity contribution < 1.29 is 9.59 Å². The van der Waals surface area contributed by atoms with Crippen LogP contribution >= 0.6 is 11.3 Å². The number of para-hydroxylation sites is 1. The monoisotopic (exact) mass is 433 g/mol. The molecule has 0 bridgehead atoms. The number of thiophene rings is 1. The second-order valence-corrected chi connectivity index (χ2v) is 8.37. The van der Waals surface area contributed by atoms with E-state index in [1.807, 2.05) is 74.0 Å². The number of hydrogen-bond acceptors (Lipinski definition) is 5. The van der Waals surface area contributed by atoms with Crippen LogP contribution in [-0.2, 0) is 4.79 Å². The predicted molar refractivity (Wildman–Crippen MR) is 124 cm³/mol. The molecule has 0 aliphatic carbocycles. The number of rotatable bonds is 5. The van der Waals surface area contributed by atoms with Crippen molar-refractivity contribution in [2.75, 3.05) is 11.9 Å². The molecule has 8 heteroatoms. The van der Waals surface area contributed by atoms with Gasteiger partial charge in [-0.05, 0) is 50.6 Å². The Morgan fingerprint density at radius 1 is 1.00 bits per heavy atom. The third-order valence-corrected chi connectivity index (χ3v) is 6.02. The molecule has 4 rings (SSSR count). The third-order valence-electron chi connectivity index (χ3n) is 4.91. The zero-order valence-corrected chi connectivity index (χ0v) is 18.3. The predicted octanol–water partition coefficient (Wildman–Crippen LogP) is 3.89. The number of carbonyl (C=O) groups excluding carboxylic acids is 2. The van der Waals surface area contributed by atoms with E-state index in [9.17, 15) is 9.59 Å². The average molecular weight is 434 g/mol. The zero-order valence-electron chi connectivity index (χ0n) is 17.5. The summed E-state index contributed by atoms with van der Waals surface area (Å²) in [7, 11) is 0. The van der Waals surface area contributed by atoms with E-state index in [-0.39, 0.29) is 18.4 Å². The number of anilines is 1. The number of aryl methyl sites for hydroxylation is 3. The highest BCUT2D eigenvalue weighted by Gasteiger charge is 2.17. The highest BCUT2D eigenvalue weighted by atomic mass is 32.1. The number of fused-ring (bicyclic) bond motifs is 1. The number of hydrogen-bond donors (Lipinski definition) is 3. The van der Waals surface area contributed by atoms with E-state index in [0.717, 1.165) is 38.4 Å². The van der Waals surface area contributed by atoms with Crippen LogP contribution in [0.25, 0.3) is 15.9 Å². The van der Waals surface area contributed by atoms with E-state index in [0.29, 0.717) is 4.88 Å². The second-order valence-electron chi connectivity index (χ2n) is 7.34. The summed E-state index contributed by atoms with van der Waals surface area (Å²) in [5.74, 6) is -0.693. The molecule has 0 aliphatic heterocycles. The lowest BCUT2D eigenvalue weighted by molar-refractivity contribution is -0.120. The molecule has 0 fully saturated rings. The Balaban J connectivity index is 1.40. The smallest absolute Gasteiger partial charge is 0.279 e. The molecule has 0 radical (unpaired) electrons. The number of carbonyl (C=O) groups is 2. The van der Waals surface area contributed by atoms with Crippen molar-refractivity contribution in [2.45, 2.75) is 20.8 Å². The van der Waals surface area contributed by atoms with Crippen LogP contribution in [0, 0.1) is 20.8 Å². The summed E-state index contributed by atoms with van der Waals surface area (Å²) >= 11 is 1.33. The largest absolute Gasteiger partial charge is 0.376 e. The molecule has 2 heterocycles. The standard InChI is InChI=1S/C23H23N5O2S/c1-14-9-10-19(15(2)11-14)24-13-21(29)25-26-22(30)20-12-18-16(3)27-28(23(18)31-20)17-7-5-4-6-8-17/h4-12,24H,13H2,1-3H3,(H,25,29)(H,26,30). The Labute approximate surface area is 184 Å². The molecule has 0 unspecified atom stereocenters. The number of nitrogens with zero attached hydrogens (tertiary/aromatic N) is 2. The maximum Gasteiger partial charge on any atom is 0.279 e. The normalized spacial score (nSPS) is 10.8. The molecule has 158 valence electrons. The van der Waals surface area contributed by atoms with Crippen LogP contribution in [0.4, 0.5) is 5.69 Å². The first-order valence-electron chi connectivity index (χ1n) is 9.87. The quantitative estimate of drug-likeness (QED) is 0.417. The van der Waals surface area contributed by atoms with Gasteiger partial charge in [0.25, 0.3) is 11.8 Å². The van der Waals surface area contributed by atoms with Gasteiger partial charge in [0.15, 0.2) is 0 Å². The molecule has 3 N–H and O–H groups in total. The summed E-state index contributed by atoms with van der Waals surface area (Å²) in [6.07, 6.45) is 0. The second kappa shape index (κ2) is 8.61. The van der Waals surface area contributed by atoms with Crippen LogP contribution < -0.4 is 16.2 Å². The van der Waals surface area contributed by atoms with Gasteiger partial charge in [0.2, 0.25) is 0 Å². The lowest BCUT2D eigenvalue weighted by Gasteiger charge is -2.11. The van der Waals surface area contributed by atoms with Gasteiger partial charge in [0.1, 0.15) is 4.83 Å². The van der Waals surface area contributed by atoms with Gasteiger partial charge in [-0.25, -0.2) is 4.68 Å². The molecule has 2 aromatic heterocycles. The van der Waals surface area contributed by atoms with Crippen molar-refractivity contribution in [1.29, 1.82) is 0 Å². The highest BCUT2D eigenvalue weighted by Crippen LogP contribution is 2.30. The van der Waals surface area contributed by atoms with Crippen molar-refractivity contribution in [3.63, 3.8) is 0 Å². The van der Waals surface area contributed by atoms with Gasteiger partial charge in [-0.3, -0.25) is 20.4 Å². The summed E-state index contributed by atoms with van der Waals surface area (Å²) in [6, 6.07) is 17.5. The molecule has 4 aromatic rings. The molecule has 31 heavy (non-hydrogen) atoms. The minimum Gasteiger partial charge on any atom is -0.376 e. The van der Waals surface area contributed by atoms with Crippen molar-refractivity contribution >= 4 is 39.1 Å². The van der Waals surface area contributed by atoms with Crippen molar-refractivity contribution in [2.24, 2.45) is 0 Å². The lowest BCUT2D eigenvalue weighted by atomic mass is 10.1. The van der Waals surface area contributed by atoms with Gasteiger partial charge in [0.05, 0.1) is 22.8 Å². The topological polar surface area (TPSA) is 88.1 Å². The molecular weight excluding hydrogens is 410 g/mol. The van der Waals surface area contributed by atoms with Gasteiger partial charge in [0, 0.05) is 11.1 Å². The van der Waals surface area contributed by atoms with E-state index < -0.39 is 0 Å². The number of nitrogens with one attached hydrogen (secondary N) is 3. The van der Waals surface area contributed by atoms with Gasteiger partial charge in [-0.15, -0.1) is 11.3 Å². The summed E-state index contributed by atoms with van der Waals surface area (Å²) in [4.78, 5) is 26.1. The SMILES string of the molecule is Cc1ccc(NCC(=O)NNC(=O)c2cc3c(C)nn(-c4ccccc4)c3s2)c(C)c1. The van der Waals surface area contributed by atoms with E-state index in [4.69, 9.17) is 0 Å². The Kier molecular flexibility index (Phi) is 5.73. The molecule has 0 spiro atoms. The van der Waals surface area contributed by atoms with Crippen LogP contribution in [0.1, 0.15) is 26.5 Å². The van der Waals surface area contributed by atoms with Crippen molar-refractivity contribution in [3.8, 4) is 5.69 Å². The first kappa shape index (κ1) is 20.6. The number of benzene rings is 2. The molecule has 0 aliphatic rings. The summed E-state index contributed by atoms with van der Waals surface area (Å²) < 4.78 is 1.83. The summed E-state index contributed by atoms with van der Waals surface area (Å²) in [6.45, 7) is 5.97. The Hall–Kier alpha value is -3.65. The third kappa shape index (κ3) is 4.44. The molecule has 2 amide bonds. The number of amides is 2. The van der Waals surface area contributed by atoms with Gasteiger partial charge >= 0.3 is 0 Å². The Morgan fingerprint density at radius 3 is 2.52 bits per heavy atom. The molecule has 0 saturated carbocycles. The van der Waals surface area contributed by atoms with Crippen LogP contribution in [-0.4, -0.2) is 28.1 Å². The lowest BCUT2D eigenvalue weighted by Crippen LogP contribution is -2.43. The van der Waals surface area contributed by atoms with Crippen LogP contribution in [0.5, 0.6) is 0 Å². The highest BCUT2D eigenvalue weighted by molar-refractivity contribution is 7.20. The summed E-state index contributed by atoms with van der Waals surface area (Å²) in [5, 5.41) is 8.58. The van der Waals surface area contributed by atoms with Crippen LogP contribution in [0.3, 0.4) is 0 Å². The van der Waals surface area contributed by atoms with E-state index in [1.54, 1.807) is 6.07 Å². The van der Waals surface area contributed by atoms with E-state index in [1.165, 1.54) is 11.3 Å². The minimum atomic E-state index is -0.361. The van der Waals surface area contributed by atoms with Crippen molar-refractivity contribution in [3.05, 3.63) is 76.3 Å². The fourth-order valence-corrected chi connectivity index (χ4v) is 4.40. The Bertz CT molecular complexity index is 1260. The molecule has 0 atom stereocenters. The fraction of sp³-hybridized carbons (Fsp3) is 0.174. The number of aromatic nitrogens is 2. The Morgan fingerprint density at radius 2 is 1.77 bits per heavy atom. The first-order valence-corrected chi connectivity index (χ1v) is 10.7. The number of hydrazine groups is 1. The van der Waals surface area contributed by atoms with E-state index in [2.05, 4.69) is 21.3 Å². The van der Waals surface area contributed by atoms with Crippen LogP contribution in [0.2, 0.25) is 0 Å². The molecule has 2 aromatic carbocycles. The first-order chi connectivity index (χ1) is 14.9. The molecule has 0 saturated heterocycles. The molecule has 7 nitrogen and oxygen atoms in total. The van der Waals surface area contributed by atoms with Crippen LogP contribution in [0.15, 0.2) is 54.6 Å². The van der Waals surface area contributed by atoms with E-state index >= 15 is 0 Å². The van der Waals surface area contributed by atoms with Gasteiger partial charge in [-0.1, -0.05) is 35.9 Å². The maximum atomic E-state index is 12.6. The zero-order chi connectivity index (χ0) is 22.0. The van der Waals surface area contributed by atoms with Crippen molar-refractivity contribution in [1.82, 2.24) is 20.6 Å². The maximum absolute atomic E-state index is 12.6. The van der Waals surface area contributed by atoms with Gasteiger partial charge < -0.3 is 5.32 Å².